The molecule has 116 valence electrons. The predicted octanol–water partition coefficient (Wildman–Crippen LogP) is 3.02. The van der Waals surface area contributed by atoms with Gasteiger partial charge in [-0.05, 0) is 24.0 Å². The molecular formula is C15H23ClN4O. The van der Waals surface area contributed by atoms with Gasteiger partial charge < -0.3 is 5.73 Å². The highest BCUT2D eigenvalue weighted by atomic mass is 35.5. The molecule has 0 saturated heterocycles. The molecule has 5 nitrogen and oxygen atoms in total. The van der Waals surface area contributed by atoms with E-state index in [0.717, 1.165) is 12.0 Å². The van der Waals surface area contributed by atoms with E-state index < -0.39 is 0 Å². The molecule has 0 unspecified atom stereocenters. The van der Waals surface area contributed by atoms with Crippen molar-refractivity contribution in [3.8, 4) is 0 Å². The number of nitrogens with zero attached hydrogens (tertiary/aromatic N) is 2. The van der Waals surface area contributed by atoms with Crippen LogP contribution in [-0.4, -0.2) is 25.6 Å². The summed E-state index contributed by atoms with van der Waals surface area (Å²) in [6.07, 6.45) is 0.782. The zero-order chi connectivity index (χ0) is 16.0. The fraction of sp³-hybridized carbons (Fsp3) is 0.467. The number of hydrogen-bond acceptors (Lipinski definition) is 2. The van der Waals surface area contributed by atoms with E-state index in [1.807, 2.05) is 32.9 Å². The lowest BCUT2D eigenvalue weighted by Gasteiger charge is -2.22. The molecule has 6 heteroatoms. The number of amides is 2. The second-order valence-corrected chi connectivity index (χ2v) is 5.62. The molecule has 1 rings (SSSR count). The lowest BCUT2D eigenvalue weighted by molar-refractivity contribution is 0.251. The average Bonchev–Trinajstić information content (AvgIpc) is 2.43. The highest BCUT2D eigenvalue weighted by Gasteiger charge is 2.17. The maximum Gasteiger partial charge on any atom is 0.328 e. The lowest BCUT2D eigenvalue weighted by atomic mass is 10.1. The summed E-state index contributed by atoms with van der Waals surface area (Å²) >= 11 is 6.20. The first kappa shape index (κ1) is 17.3. The van der Waals surface area contributed by atoms with Crippen LogP contribution in [0.1, 0.15) is 26.3 Å². The number of carbonyl (C=O) groups is 1. The van der Waals surface area contributed by atoms with Crippen LogP contribution in [0.4, 0.5) is 10.5 Å². The van der Waals surface area contributed by atoms with E-state index in [4.69, 9.17) is 17.3 Å². The van der Waals surface area contributed by atoms with Crippen molar-refractivity contribution in [2.75, 3.05) is 18.5 Å². The first-order valence-electron chi connectivity index (χ1n) is 6.98. The van der Waals surface area contributed by atoms with Gasteiger partial charge in [0.1, 0.15) is 0 Å². The molecule has 0 radical (unpaired) electrons. The van der Waals surface area contributed by atoms with Crippen LogP contribution in [0.25, 0.3) is 0 Å². The van der Waals surface area contributed by atoms with Crippen LogP contribution in [-0.2, 0) is 6.42 Å². The van der Waals surface area contributed by atoms with Crippen LogP contribution in [0.2, 0.25) is 5.02 Å². The van der Waals surface area contributed by atoms with Crippen LogP contribution >= 0.6 is 11.6 Å². The number of aliphatic imine (C=N–C) groups is 1. The zero-order valence-electron chi connectivity index (χ0n) is 13.0. The zero-order valence-corrected chi connectivity index (χ0v) is 13.7. The number of hydrogen-bond donors (Lipinski definition) is 2. The Balaban J connectivity index is 2.86. The van der Waals surface area contributed by atoms with Gasteiger partial charge in [-0.15, -0.1) is 0 Å². The Morgan fingerprint density at radius 3 is 2.71 bits per heavy atom. The monoisotopic (exact) mass is 310 g/mol. The molecule has 1 aromatic carbocycles. The third-order valence-corrected chi connectivity index (χ3v) is 3.26. The van der Waals surface area contributed by atoms with Crippen LogP contribution < -0.4 is 16.0 Å². The Kier molecular flexibility index (Phi) is 6.49. The number of anilines is 1. The topological polar surface area (TPSA) is 70.7 Å². The smallest absolute Gasteiger partial charge is 0.328 e. The number of rotatable bonds is 4. The van der Waals surface area contributed by atoms with Gasteiger partial charge in [0, 0.05) is 13.6 Å². The van der Waals surface area contributed by atoms with Crippen molar-refractivity contribution in [1.29, 1.82) is 0 Å². The average molecular weight is 311 g/mol. The van der Waals surface area contributed by atoms with E-state index in [9.17, 15) is 4.79 Å². The molecule has 2 amide bonds. The number of nitrogens with two attached hydrogens (primary N) is 1. The fourth-order valence-electron chi connectivity index (χ4n) is 1.84. The predicted molar refractivity (Wildman–Crippen MR) is 89.1 cm³/mol. The number of urea groups is 1. The molecule has 0 saturated carbocycles. The Morgan fingerprint density at radius 1 is 1.48 bits per heavy atom. The van der Waals surface area contributed by atoms with Gasteiger partial charge in [-0.25, -0.2) is 4.79 Å². The minimum absolute atomic E-state index is 0.116. The number of carbonyl (C=O) groups excluding carboxylic acids is 1. The largest absolute Gasteiger partial charge is 0.370 e. The van der Waals surface area contributed by atoms with Gasteiger partial charge in [0.05, 0.1) is 10.7 Å². The quantitative estimate of drug-likeness (QED) is 0.663. The Morgan fingerprint density at radius 2 is 2.14 bits per heavy atom. The van der Waals surface area contributed by atoms with E-state index in [1.54, 1.807) is 13.1 Å². The maximum atomic E-state index is 12.2. The molecule has 0 atom stereocenters. The van der Waals surface area contributed by atoms with Crippen LogP contribution in [0.15, 0.2) is 23.2 Å². The van der Waals surface area contributed by atoms with Gasteiger partial charge in [0.25, 0.3) is 0 Å². The number of para-hydroxylation sites is 1. The maximum absolute atomic E-state index is 12.2. The van der Waals surface area contributed by atoms with E-state index in [-0.39, 0.29) is 12.0 Å². The Bertz CT molecular complexity index is 528. The number of benzene rings is 1. The van der Waals surface area contributed by atoms with E-state index in [1.165, 1.54) is 4.90 Å². The highest BCUT2D eigenvalue weighted by Crippen LogP contribution is 2.29. The molecule has 3 N–H and O–H groups in total. The second kappa shape index (κ2) is 7.88. The van der Waals surface area contributed by atoms with E-state index in [2.05, 4.69) is 10.3 Å². The van der Waals surface area contributed by atoms with Crippen molar-refractivity contribution >= 4 is 29.3 Å². The number of aryl methyl sites for hydroxylation is 1. The first-order valence-corrected chi connectivity index (χ1v) is 7.36. The fourth-order valence-corrected chi connectivity index (χ4v) is 2.16. The molecule has 0 aliphatic carbocycles. The molecule has 0 bridgehead atoms. The summed E-state index contributed by atoms with van der Waals surface area (Å²) in [5, 5.41) is 3.10. The van der Waals surface area contributed by atoms with Gasteiger partial charge in [-0.2, -0.15) is 0 Å². The van der Waals surface area contributed by atoms with Crippen molar-refractivity contribution in [2.45, 2.75) is 27.2 Å². The molecule has 0 heterocycles. The summed E-state index contributed by atoms with van der Waals surface area (Å²) in [6.45, 7) is 6.64. The number of nitrogens with one attached hydrogen (secondary N) is 1. The summed E-state index contributed by atoms with van der Waals surface area (Å²) in [4.78, 5) is 17.8. The standard InChI is InChI=1S/C15H23ClN4O/c1-5-11-7-6-8-12(16)13(11)20(4)15(21)19-14(17)18-9-10(2)3/h6-8,10H,5,9H2,1-4H3,(H3,17,18,19,21). The molecule has 0 aliphatic rings. The minimum Gasteiger partial charge on any atom is -0.370 e. The first-order chi connectivity index (χ1) is 9.86. The molecule has 0 spiro atoms. The van der Waals surface area contributed by atoms with Crippen LogP contribution in [0.5, 0.6) is 0 Å². The van der Waals surface area contributed by atoms with Gasteiger partial charge in [0.15, 0.2) is 5.96 Å². The van der Waals surface area contributed by atoms with Crippen molar-refractivity contribution in [2.24, 2.45) is 16.6 Å². The second-order valence-electron chi connectivity index (χ2n) is 5.21. The molecular weight excluding hydrogens is 288 g/mol. The van der Waals surface area contributed by atoms with Gasteiger partial charge in [0.2, 0.25) is 0 Å². The van der Waals surface area contributed by atoms with Crippen LogP contribution in [0, 0.1) is 5.92 Å². The molecule has 1 aromatic rings. The number of guanidine groups is 1. The van der Waals surface area contributed by atoms with E-state index >= 15 is 0 Å². The summed E-state index contributed by atoms with van der Waals surface area (Å²) in [5.74, 6) is 0.499. The molecule has 0 aromatic heterocycles. The van der Waals surface area contributed by atoms with Gasteiger partial charge in [-0.3, -0.25) is 15.2 Å². The third kappa shape index (κ3) is 4.93. The van der Waals surface area contributed by atoms with Gasteiger partial charge in [-0.1, -0.05) is 44.5 Å². The Hall–Kier alpha value is -1.75. The van der Waals surface area contributed by atoms with Crippen molar-refractivity contribution < 1.29 is 4.79 Å². The molecule has 0 fully saturated rings. The summed E-state index contributed by atoms with van der Waals surface area (Å²) in [7, 11) is 1.66. The SMILES string of the molecule is CCc1cccc(Cl)c1N(C)C(=O)NC(N)=NCC(C)C. The summed E-state index contributed by atoms with van der Waals surface area (Å²) in [5.41, 5.74) is 7.39. The van der Waals surface area contributed by atoms with Crippen molar-refractivity contribution in [3.63, 3.8) is 0 Å². The summed E-state index contributed by atoms with van der Waals surface area (Å²) in [6, 6.07) is 5.22. The van der Waals surface area contributed by atoms with Gasteiger partial charge >= 0.3 is 6.03 Å². The van der Waals surface area contributed by atoms with Crippen LogP contribution in [0.3, 0.4) is 0 Å². The summed E-state index contributed by atoms with van der Waals surface area (Å²) < 4.78 is 0. The lowest BCUT2D eigenvalue weighted by Crippen LogP contribution is -2.45. The normalized spacial score (nSPS) is 11.6. The van der Waals surface area contributed by atoms with E-state index in [0.29, 0.717) is 23.2 Å². The minimum atomic E-state index is -0.359. The Labute approximate surface area is 131 Å². The molecule has 21 heavy (non-hydrogen) atoms. The highest BCUT2D eigenvalue weighted by molar-refractivity contribution is 6.34. The van der Waals surface area contributed by atoms with Crippen molar-refractivity contribution in [3.05, 3.63) is 28.8 Å². The number of halogens is 1. The van der Waals surface area contributed by atoms with Crippen molar-refractivity contribution in [1.82, 2.24) is 5.32 Å². The molecule has 0 aliphatic heterocycles. The third-order valence-electron chi connectivity index (χ3n) is 2.95.